The van der Waals surface area contributed by atoms with E-state index in [2.05, 4.69) is 5.10 Å². The molecule has 8 nitrogen and oxygen atoms in total. The van der Waals surface area contributed by atoms with Crippen molar-refractivity contribution in [2.24, 2.45) is 16.9 Å². The van der Waals surface area contributed by atoms with E-state index in [1.54, 1.807) is 10.7 Å². The third-order valence-electron chi connectivity index (χ3n) is 4.85. The summed E-state index contributed by atoms with van der Waals surface area (Å²) >= 11 is 0. The Kier molecular flexibility index (Phi) is 4.78. The molecule has 1 unspecified atom stereocenters. The molecule has 0 saturated carbocycles. The minimum Gasteiger partial charge on any atom is -0.497 e. The summed E-state index contributed by atoms with van der Waals surface area (Å²) in [6, 6.07) is 2.98. The Morgan fingerprint density at radius 1 is 1.21 bits per heavy atom. The second-order valence-electron chi connectivity index (χ2n) is 7.88. The van der Waals surface area contributed by atoms with Crippen molar-refractivity contribution in [3.63, 3.8) is 0 Å². The monoisotopic (exact) mass is 389 g/mol. The second-order valence-corrected chi connectivity index (χ2v) is 7.88. The molecule has 3 rings (SSSR count). The summed E-state index contributed by atoms with van der Waals surface area (Å²) in [6.07, 6.45) is 0. The first-order valence-electron chi connectivity index (χ1n) is 8.86. The molecule has 1 aliphatic heterocycles. The standard InChI is InChI=1S/C19H24FN5O3/c1-19(2,3)16-15-13(17(21)26)14(10-7-11(20)9-12(8-10)28-4)23-25(15)6-5-24(16)18(22)27/h7-9,16H,5-6H2,1-4H3,(H2,21,26)(H2,22,27). The highest BCUT2D eigenvalue weighted by Crippen LogP contribution is 2.43. The summed E-state index contributed by atoms with van der Waals surface area (Å²) in [7, 11) is 1.42. The van der Waals surface area contributed by atoms with E-state index < -0.39 is 29.2 Å². The zero-order valence-electron chi connectivity index (χ0n) is 16.3. The molecule has 3 amide bonds. The van der Waals surface area contributed by atoms with Crippen LogP contribution >= 0.6 is 0 Å². The Balaban J connectivity index is 2.29. The minimum atomic E-state index is -0.708. The number of methoxy groups -OCH3 is 1. The molecule has 0 bridgehead atoms. The number of carbonyl (C=O) groups is 2. The number of urea groups is 1. The first-order chi connectivity index (χ1) is 13.0. The molecule has 1 aromatic heterocycles. The Labute approximate surface area is 162 Å². The third-order valence-corrected chi connectivity index (χ3v) is 4.85. The lowest BCUT2D eigenvalue weighted by atomic mass is 9.81. The number of halogens is 1. The fourth-order valence-corrected chi connectivity index (χ4v) is 3.78. The number of fused-ring (bicyclic) bond motifs is 1. The van der Waals surface area contributed by atoms with Gasteiger partial charge >= 0.3 is 6.03 Å². The highest BCUT2D eigenvalue weighted by atomic mass is 19.1. The number of primary amides is 2. The molecule has 150 valence electrons. The van der Waals surface area contributed by atoms with Crippen LogP contribution in [0.2, 0.25) is 0 Å². The van der Waals surface area contributed by atoms with Gasteiger partial charge in [0.1, 0.15) is 17.3 Å². The average molecular weight is 389 g/mol. The molecule has 0 saturated heterocycles. The lowest BCUT2D eigenvalue weighted by Gasteiger charge is -2.42. The number of amides is 3. The summed E-state index contributed by atoms with van der Waals surface area (Å²) in [5.41, 5.74) is 12.1. The maximum absolute atomic E-state index is 14.1. The smallest absolute Gasteiger partial charge is 0.315 e. The van der Waals surface area contributed by atoms with Gasteiger partial charge < -0.3 is 21.1 Å². The van der Waals surface area contributed by atoms with Crippen LogP contribution in [0.3, 0.4) is 0 Å². The van der Waals surface area contributed by atoms with Crippen molar-refractivity contribution in [3.05, 3.63) is 35.3 Å². The van der Waals surface area contributed by atoms with Crippen LogP contribution in [0.15, 0.2) is 18.2 Å². The van der Waals surface area contributed by atoms with Gasteiger partial charge in [0.25, 0.3) is 5.91 Å². The SMILES string of the molecule is COc1cc(F)cc(-c2nn3c(c2C(N)=O)C(C(C)(C)C)N(C(N)=O)CC3)c1. The average Bonchev–Trinajstić information content (AvgIpc) is 2.98. The number of rotatable bonds is 3. The van der Waals surface area contributed by atoms with Gasteiger partial charge in [-0.3, -0.25) is 9.48 Å². The van der Waals surface area contributed by atoms with Crippen molar-refractivity contribution < 1.29 is 18.7 Å². The van der Waals surface area contributed by atoms with Crippen molar-refractivity contribution in [1.29, 1.82) is 0 Å². The number of ether oxygens (including phenoxy) is 1. The molecule has 0 spiro atoms. The normalized spacial score (nSPS) is 16.6. The van der Waals surface area contributed by atoms with Gasteiger partial charge in [0.15, 0.2) is 0 Å². The molecule has 28 heavy (non-hydrogen) atoms. The number of nitrogens with zero attached hydrogens (tertiary/aromatic N) is 3. The quantitative estimate of drug-likeness (QED) is 0.837. The van der Waals surface area contributed by atoms with Gasteiger partial charge in [-0.05, 0) is 17.5 Å². The summed E-state index contributed by atoms with van der Waals surface area (Å²) in [4.78, 5) is 26.0. The van der Waals surface area contributed by atoms with Crippen molar-refractivity contribution in [2.45, 2.75) is 33.4 Å². The molecule has 0 fully saturated rings. The molecule has 2 aromatic rings. The van der Waals surface area contributed by atoms with Crippen LogP contribution < -0.4 is 16.2 Å². The number of benzene rings is 1. The second kappa shape index (κ2) is 6.81. The number of hydrogen-bond acceptors (Lipinski definition) is 4. The zero-order valence-corrected chi connectivity index (χ0v) is 16.3. The molecule has 0 aliphatic carbocycles. The number of carbonyl (C=O) groups excluding carboxylic acids is 2. The Hall–Kier alpha value is -3.10. The molecule has 2 heterocycles. The molecule has 0 radical (unpaired) electrons. The van der Waals surface area contributed by atoms with Crippen LogP contribution in [-0.4, -0.2) is 40.3 Å². The molecule has 1 atom stereocenters. The van der Waals surface area contributed by atoms with E-state index >= 15 is 0 Å². The Morgan fingerprint density at radius 3 is 2.43 bits per heavy atom. The maximum Gasteiger partial charge on any atom is 0.315 e. The van der Waals surface area contributed by atoms with Crippen LogP contribution in [0.4, 0.5) is 9.18 Å². The van der Waals surface area contributed by atoms with Gasteiger partial charge in [-0.15, -0.1) is 0 Å². The van der Waals surface area contributed by atoms with Gasteiger partial charge in [0.05, 0.1) is 31.0 Å². The van der Waals surface area contributed by atoms with Crippen LogP contribution in [-0.2, 0) is 6.54 Å². The number of aromatic nitrogens is 2. The molecular formula is C19H24FN5O3. The predicted molar refractivity (Wildman–Crippen MR) is 101 cm³/mol. The summed E-state index contributed by atoms with van der Waals surface area (Å²) < 4.78 is 20.8. The van der Waals surface area contributed by atoms with Crippen LogP contribution in [0, 0.1) is 11.2 Å². The third kappa shape index (κ3) is 3.28. The van der Waals surface area contributed by atoms with E-state index in [-0.39, 0.29) is 11.3 Å². The van der Waals surface area contributed by atoms with Crippen LogP contribution in [0.25, 0.3) is 11.3 Å². The largest absolute Gasteiger partial charge is 0.497 e. The predicted octanol–water partition coefficient (Wildman–Crippen LogP) is 2.28. The summed E-state index contributed by atoms with van der Waals surface area (Å²) in [5.74, 6) is -0.940. The van der Waals surface area contributed by atoms with Gasteiger partial charge in [-0.25, -0.2) is 9.18 Å². The fraction of sp³-hybridized carbons (Fsp3) is 0.421. The first-order valence-corrected chi connectivity index (χ1v) is 8.86. The van der Waals surface area contributed by atoms with E-state index in [1.807, 2.05) is 20.8 Å². The van der Waals surface area contributed by atoms with Gasteiger partial charge in [0, 0.05) is 18.2 Å². The number of hydrogen-bond donors (Lipinski definition) is 2. The molecule has 9 heteroatoms. The summed E-state index contributed by atoms with van der Waals surface area (Å²) in [5, 5.41) is 4.53. The first kappa shape index (κ1) is 19.7. The maximum atomic E-state index is 14.1. The summed E-state index contributed by atoms with van der Waals surface area (Å²) in [6.45, 7) is 6.50. The molecule has 1 aliphatic rings. The topological polar surface area (TPSA) is 116 Å². The zero-order chi connectivity index (χ0) is 20.8. The van der Waals surface area contributed by atoms with E-state index in [9.17, 15) is 14.0 Å². The van der Waals surface area contributed by atoms with E-state index in [4.69, 9.17) is 16.2 Å². The van der Waals surface area contributed by atoms with Crippen LogP contribution in [0.5, 0.6) is 5.75 Å². The Morgan fingerprint density at radius 2 is 1.89 bits per heavy atom. The van der Waals surface area contributed by atoms with Gasteiger partial charge in [-0.2, -0.15) is 5.10 Å². The van der Waals surface area contributed by atoms with Crippen molar-refractivity contribution >= 4 is 11.9 Å². The molecule has 4 N–H and O–H groups in total. The van der Waals surface area contributed by atoms with Crippen molar-refractivity contribution in [1.82, 2.24) is 14.7 Å². The lowest BCUT2D eigenvalue weighted by Crippen LogP contribution is -2.49. The molecular weight excluding hydrogens is 365 g/mol. The van der Waals surface area contributed by atoms with E-state index in [0.29, 0.717) is 30.1 Å². The van der Waals surface area contributed by atoms with E-state index in [0.717, 1.165) is 0 Å². The van der Waals surface area contributed by atoms with Gasteiger partial charge in [0.2, 0.25) is 0 Å². The van der Waals surface area contributed by atoms with E-state index in [1.165, 1.54) is 24.1 Å². The molecule has 1 aromatic carbocycles. The van der Waals surface area contributed by atoms with Crippen LogP contribution in [0.1, 0.15) is 42.9 Å². The highest BCUT2D eigenvalue weighted by Gasteiger charge is 2.43. The fourth-order valence-electron chi connectivity index (χ4n) is 3.78. The Bertz CT molecular complexity index is 948. The van der Waals surface area contributed by atoms with Gasteiger partial charge in [-0.1, -0.05) is 20.8 Å². The van der Waals surface area contributed by atoms with Crippen molar-refractivity contribution in [2.75, 3.05) is 13.7 Å². The minimum absolute atomic E-state index is 0.151. The highest BCUT2D eigenvalue weighted by molar-refractivity contribution is 6.00. The van der Waals surface area contributed by atoms with Crippen molar-refractivity contribution in [3.8, 4) is 17.0 Å². The lowest BCUT2D eigenvalue weighted by molar-refractivity contribution is 0.0899. The number of nitrogens with two attached hydrogens (primary N) is 2.